The van der Waals surface area contributed by atoms with Crippen LogP contribution in [0.1, 0.15) is 18.1 Å². The largest absolute Gasteiger partial charge is 0.480 e. The van der Waals surface area contributed by atoms with E-state index in [1.807, 2.05) is 4.72 Å². The highest BCUT2D eigenvalue weighted by Gasteiger charge is 2.32. The Hall–Kier alpha value is -2.00. The zero-order chi connectivity index (χ0) is 15.7. The van der Waals surface area contributed by atoms with Gasteiger partial charge in [0.25, 0.3) is 5.69 Å². The number of nitro groups is 1. The number of nitrogens with one attached hydrogen (secondary N) is 1. The van der Waals surface area contributed by atoms with E-state index in [1.54, 1.807) is 0 Å². The van der Waals surface area contributed by atoms with Crippen LogP contribution in [-0.2, 0) is 14.8 Å². The van der Waals surface area contributed by atoms with E-state index in [4.69, 9.17) is 5.11 Å². The molecular formula is C11H14N2O6S. The standard InChI is InChI=1S/C11H14N2O6S/c1-6-4-5-7(2)10(9(6)13(16)17)20(18,19)12-8(3)11(14)15/h4-5,8,12H,1-3H3,(H,14,15)/t8-/m0/s1. The summed E-state index contributed by atoms with van der Waals surface area (Å²) >= 11 is 0. The number of carboxylic acid groups (broad SMARTS) is 1. The average molecular weight is 302 g/mol. The maximum absolute atomic E-state index is 12.2. The van der Waals surface area contributed by atoms with E-state index in [1.165, 1.54) is 26.0 Å². The molecule has 1 aromatic carbocycles. The summed E-state index contributed by atoms with van der Waals surface area (Å²) in [5.74, 6) is -1.37. The number of carbonyl (C=O) groups is 1. The van der Waals surface area contributed by atoms with Gasteiger partial charge in [-0.3, -0.25) is 14.9 Å². The van der Waals surface area contributed by atoms with E-state index < -0.39 is 37.5 Å². The number of hydrogen-bond acceptors (Lipinski definition) is 5. The van der Waals surface area contributed by atoms with Gasteiger partial charge in [-0.05, 0) is 26.3 Å². The summed E-state index contributed by atoms with van der Waals surface area (Å²) in [5, 5.41) is 19.8. The first-order chi connectivity index (χ1) is 9.08. The normalized spacial score (nSPS) is 12.9. The molecule has 0 unspecified atom stereocenters. The van der Waals surface area contributed by atoms with Crippen LogP contribution in [0.3, 0.4) is 0 Å². The van der Waals surface area contributed by atoms with Gasteiger partial charge in [-0.1, -0.05) is 12.1 Å². The maximum atomic E-state index is 12.2. The average Bonchev–Trinajstić information content (AvgIpc) is 2.30. The van der Waals surface area contributed by atoms with Gasteiger partial charge in [0.1, 0.15) is 6.04 Å². The van der Waals surface area contributed by atoms with Crippen molar-refractivity contribution in [1.29, 1.82) is 0 Å². The van der Waals surface area contributed by atoms with Crippen molar-refractivity contribution in [2.45, 2.75) is 31.7 Å². The minimum Gasteiger partial charge on any atom is -0.480 e. The van der Waals surface area contributed by atoms with E-state index in [9.17, 15) is 23.3 Å². The number of rotatable bonds is 5. The molecule has 0 spiro atoms. The highest BCUT2D eigenvalue weighted by atomic mass is 32.2. The lowest BCUT2D eigenvalue weighted by atomic mass is 10.1. The third-order valence-electron chi connectivity index (χ3n) is 2.68. The lowest BCUT2D eigenvalue weighted by molar-refractivity contribution is -0.388. The van der Waals surface area contributed by atoms with Crippen molar-refractivity contribution in [3.63, 3.8) is 0 Å². The molecule has 0 aromatic heterocycles. The second-order valence-electron chi connectivity index (χ2n) is 4.32. The molecule has 9 heteroatoms. The summed E-state index contributed by atoms with van der Waals surface area (Å²) in [6.07, 6.45) is 0. The Kier molecular flexibility index (Phi) is 4.46. The fraction of sp³-hybridized carbons (Fsp3) is 0.364. The second kappa shape index (κ2) is 5.55. The molecule has 0 saturated carbocycles. The van der Waals surface area contributed by atoms with Crippen molar-refractivity contribution in [1.82, 2.24) is 4.72 Å². The number of carboxylic acids is 1. The molecule has 0 fully saturated rings. The Morgan fingerprint density at radius 2 is 1.85 bits per heavy atom. The summed E-state index contributed by atoms with van der Waals surface area (Å²) in [4.78, 5) is 20.5. The topological polar surface area (TPSA) is 127 Å². The van der Waals surface area contributed by atoms with Gasteiger partial charge < -0.3 is 5.11 Å². The maximum Gasteiger partial charge on any atom is 0.321 e. The number of benzene rings is 1. The zero-order valence-corrected chi connectivity index (χ0v) is 11.9. The number of aryl methyl sites for hydroxylation is 2. The second-order valence-corrected chi connectivity index (χ2v) is 5.97. The molecule has 0 radical (unpaired) electrons. The summed E-state index contributed by atoms with van der Waals surface area (Å²) in [6, 6.07) is 1.48. The van der Waals surface area contributed by atoms with Crippen LogP contribution in [-0.4, -0.2) is 30.5 Å². The molecule has 20 heavy (non-hydrogen) atoms. The molecule has 8 nitrogen and oxygen atoms in total. The van der Waals surface area contributed by atoms with E-state index in [2.05, 4.69) is 0 Å². The SMILES string of the molecule is Cc1ccc(C)c(S(=O)(=O)N[C@@H](C)C(=O)O)c1[N+](=O)[O-]. The quantitative estimate of drug-likeness (QED) is 0.616. The predicted octanol–water partition coefficient (Wildman–Crippen LogP) is 0.963. The number of sulfonamides is 1. The fourth-order valence-corrected chi connectivity index (χ4v) is 3.34. The Labute approximate surface area is 115 Å². The van der Waals surface area contributed by atoms with Crippen LogP contribution in [0.5, 0.6) is 0 Å². The monoisotopic (exact) mass is 302 g/mol. The van der Waals surface area contributed by atoms with E-state index in [-0.39, 0.29) is 11.1 Å². The molecule has 0 saturated heterocycles. The Morgan fingerprint density at radius 3 is 2.30 bits per heavy atom. The molecule has 1 atom stereocenters. The molecule has 0 aliphatic carbocycles. The lowest BCUT2D eigenvalue weighted by Crippen LogP contribution is -2.38. The smallest absolute Gasteiger partial charge is 0.321 e. The van der Waals surface area contributed by atoms with Gasteiger partial charge in [0, 0.05) is 5.56 Å². The number of nitrogens with zero attached hydrogens (tertiary/aromatic N) is 1. The van der Waals surface area contributed by atoms with Crippen LogP contribution >= 0.6 is 0 Å². The van der Waals surface area contributed by atoms with Gasteiger partial charge in [-0.25, -0.2) is 8.42 Å². The summed E-state index contributed by atoms with van der Waals surface area (Å²) in [6.45, 7) is 3.96. The summed E-state index contributed by atoms with van der Waals surface area (Å²) < 4.78 is 26.2. The van der Waals surface area contributed by atoms with Crippen molar-refractivity contribution >= 4 is 21.7 Å². The first-order valence-electron chi connectivity index (χ1n) is 5.57. The Balaban J connectivity index is 3.49. The van der Waals surface area contributed by atoms with Crippen molar-refractivity contribution in [2.75, 3.05) is 0 Å². The lowest BCUT2D eigenvalue weighted by Gasteiger charge is -2.13. The van der Waals surface area contributed by atoms with Crippen LogP contribution in [0.25, 0.3) is 0 Å². The van der Waals surface area contributed by atoms with Crippen LogP contribution in [0.4, 0.5) is 5.69 Å². The molecular weight excluding hydrogens is 288 g/mol. The van der Waals surface area contributed by atoms with Gasteiger partial charge in [-0.2, -0.15) is 4.72 Å². The van der Waals surface area contributed by atoms with E-state index in [0.29, 0.717) is 0 Å². The third kappa shape index (κ3) is 3.11. The predicted molar refractivity (Wildman–Crippen MR) is 70.0 cm³/mol. The van der Waals surface area contributed by atoms with E-state index in [0.717, 1.165) is 6.92 Å². The van der Waals surface area contributed by atoms with Crippen LogP contribution < -0.4 is 4.72 Å². The van der Waals surface area contributed by atoms with Crippen LogP contribution in [0.15, 0.2) is 17.0 Å². The first-order valence-corrected chi connectivity index (χ1v) is 7.06. The van der Waals surface area contributed by atoms with Gasteiger partial charge in [-0.15, -0.1) is 0 Å². The van der Waals surface area contributed by atoms with E-state index >= 15 is 0 Å². The number of nitro benzene ring substituents is 1. The molecule has 0 aliphatic heterocycles. The molecule has 0 heterocycles. The molecule has 110 valence electrons. The minimum absolute atomic E-state index is 0.174. The van der Waals surface area contributed by atoms with Gasteiger partial charge in [0.15, 0.2) is 4.90 Å². The third-order valence-corrected chi connectivity index (χ3v) is 4.40. The number of hydrogen-bond donors (Lipinski definition) is 2. The minimum atomic E-state index is -4.31. The number of aliphatic carboxylic acids is 1. The van der Waals surface area contributed by atoms with Crippen LogP contribution in [0, 0.1) is 24.0 Å². The highest BCUT2D eigenvalue weighted by Crippen LogP contribution is 2.30. The Bertz CT molecular complexity index is 668. The zero-order valence-electron chi connectivity index (χ0n) is 11.1. The molecule has 1 rings (SSSR count). The Morgan fingerprint density at radius 1 is 1.35 bits per heavy atom. The summed E-state index contributed by atoms with van der Waals surface area (Å²) in [7, 11) is -4.31. The van der Waals surface area contributed by atoms with Crippen molar-refractivity contribution in [2.24, 2.45) is 0 Å². The van der Waals surface area contributed by atoms with Gasteiger partial charge in [0.2, 0.25) is 10.0 Å². The van der Waals surface area contributed by atoms with Crippen LogP contribution in [0.2, 0.25) is 0 Å². The van der Waals surface area contributed by atoms with Crippen molar-refractivity contribution in [3.05, 3.63) is 33.4 Å². The first kappa shape index (κ1) is 16.1. The molecule has 0 aliphatic rings. The van der Waals surface area contributed by atoms with Gasteiger partial charge in [0.05, 0.1) is 4.92 Å². The molecule has 2 N–H and O–H groups in total. The molecule has 0 amide bonds. The van der Waals surface area contributed by atoms with Crippen molar-refractivity contribution in [3.8, 4) is 0 Å². The fourth-order valence-electron chi connectivity index (χ4n) is 1.68. The highest BCUT2D eigenvalue weighted by molar-refractivity contribution is 7.89. The van der Waals surface area contributed by atoms with Gasteiger partial charge >= 0.3 is 5.97 Å². The van der Waals surface area contributed by atoms with Crippen molar-refractivity contribution < 1.29 is 23.2 Å². The summed E-state index contributed by atoms with van der Waals surface area (Å²) in [5.41, 5.74) is -0.188. The molecule has 1 aromatic rings. The molecule has 0 bridgehead atoms.